The number of rotatable bonds is 5. The van der Waals surface area contributed by atoms with Gasteiger partial charge in [-0.15, -0.1) is 0 Å². The molecule has 0 spiro atoms. The number of carbonyl (C=O) groups is 1. The quantitative estimate of drug-likeness (QED) is 0.909. The van der Waals surface area contributed by atoms with Gasteiger partial charge in [0.2, 0.25) is 0 Å². The molecular weight excluding hydrogens is 307 g/mol. The molecule has 1 aliphatic rings. The normalized spacial score (nSPS) is 16.8. The Morgan fingerprint density at radius 3 is 2.50 bits per heavy atom. The van der Waals surface area contributed by atoms with E-state index < -0.39 is 0 Å². The number of halogens is 1. The number of likely N-dealkylation sites (tertiary alicyclic amines) is 1. The first-order chi connectivity index (χ1) is 11.6. The molecule has 1 saturated heterocycles. The third-order valence-corrected chi connectivity index (χ3v) is 4.48. The third kappa shape index (κ3) is 4.03. The van der Waals surface area contributed by atoms with Crippen LogP contribution in [0.2, 0.25) is 0 Å². The van der Waals surface area contributed by atoms with Gasteiger partial charge < -0.3 is 9.73 Å². The highest BCUT2D eigenvalue weighted by Gasteiger charge is 2.25. The molecule has 0 radical (unpaired) electrons. The van der Waals surface area contributed by atoms with Crippen molar-refractivity contribution in [3.63, 3.8) is 0 Å². The summed E-state index contributed by atoms with van der Waals surface area (Å²) < 4.78 is 18.8. The molecule has 5 heteroatoms. The standard InChI is InChI=1S/C19H23FN2O2/c1-14-5-10-18(24-14)17(22-11-3-2-4-12-22)13-21-19(23)15-6-8-16(20)9-7-15/h5-10,17H,2-4,11-13H2,1H3,(H,21,23). The SMILES string of the molecule is Cc1ccc(C(CNC(=O)c2ccc(F)cc2)N2CCCCC2)o1. The van der Waals surface area contributed by atoms with E-state index in [0.29, 0.717) is 12.1 Å². The van der Waals surface area contributed by atoms with Crippen molar-refractivity contribution < 1.29 is 13.6 Å². The van der Waals surface area contributed by atoms with Gasteiger partial charge in [0.25, 0.3) is 5.91 Å². The summed E-state index contributed by atoms with van der Waals surface area (Å²) in [6.07, 6.45) is 3.59. The van der Waals surface area contributed by atoms with Crippen LogP contribution in [0.5, 0.6) is 0 Å². The molecule has 1 fully saturated rings. The van der Waals surface area contributed by atoms with Crippen LogP contribution in [0, 0.1) is 12.7 Å². The van der Waals surface area contributed by atoms with Gasteiger partial charge in [0.15, 0.2) is 0 Å². The lowest BCUT2D eigenvalue weighted by atomic mass is 10.1. The second-order valence-electron chi connectivity index (χ2n) is 6.28. The molecule has 2 heterocycles. The number of hydrogen-bond donors (Lipinski definition) is 1. The fraction of sp³-hybridized carbons (Fsp3) is 0.421. The summed E-state index contributed by atoms with van der Waals surface area (Å²) >= 11 is 0. The molecule has 1 N–H and O–H groups in total. The number of furan rings is 1. The molecule has 128 valence electrons. The second kappa shape index (κ2) is 7.62. The van der Waals surface area contributed by atoms with E-state index in [1.54, 1.807) is 0 Å². The zero-order valence-corrected chi connectivity index (χ0v) is 13.9. The molecule has 1 aromatic heterocycles. The van der Waals surface area contributed by atoms with Gasteiger partial charge in [0, 0.05) is 12.1 Å². The Morgan fingerprint density at radius 2 is 1.88 bits per heavy atom. The summed E-state index contributed by atoms with van der Waals surface area (Å²) in [5.41, 5.74) is 0.462. The summed E-state index contributed by atoms with van der Waals surface area (Å²) in [7, 11) is 0. The van der Waals surface area contributed by atoms with Crippen LogP contribution in [0.15, 0.2) is 40.8 Å². The topological polar surface area (TPSA) is 45.5 Å². The lowest BCUT2D eigenvalue weighted by molar-refractivity contribution is 0.0913. The Hall–Kier alpha value is -2.14. The molecule has 24 heavy (non-hydrogen) atoms. The Morgan fingerprint density at radius 1 is 1.17 bits per heavy atom. The molecule has 1 atom stereocenters. The van der Waals surface area contributed by atoms with E-state index in [-0.39, 0.29) is 17.8 Å². The maximum atomic E-state index is 13.0. The number of nitrogens with one attached hydrogen (secondary N) is 1. The van der Waals surface area contributed by atoms with Crippen LogP contribution in [0.3, 0.4) is 0 Å². The molecule has 1 aliphatic heterocycles. The van der Waals surface area contributed by atoms with Crippen LogP contribution >= 0.6 is 0 Å². The first kappa shape index (κ1) is 16.7. The summed E-state index contributed by atoms with van der Waals surface area (Å²) in [6, 6.07) is 9.56. The molecule has 0 bridgehead atoms. The molecule has 1 aromatic carbocycles. The fourth-order valence-corrected chi connectivity index (χ4v) is 3.16. The van der Waals surface area contributed by atoms with E-state index in [1.807, 2.05) is 19.1 Å². The predicted molar refractivity (Wildman–Crippen MR) is 90.3 cm³/mol. The number of carbonyl (C=O) groups excluding carboxylic acids is 1. The molecule has 2 aromatic rings. The highest BCUT2D eigenvalue weighted by Crippen LogP contribution is 2.25. The summed E-state index contributed by atoms with van der Waals surface area (Å²) in [4.78, 5) is 14.7. The van der Waals surface area contributed by atoms with E-state index in [1.165, 1.54) is 43.5 Å². The van der Waals surface area contributed by atoms with Crippen molar-refractivity contribution in [3.8, 4) is 0 Å². The van der Waals surface area contributed by atoms with Gasteiger partial charge in [-0.05, 0) is 69.3 Å². The minimum Gasteiger partial charge on any atom is -0.465 e. The number of aryl methyl sites for hydroxylation is 1. The van der Waals surface area contributed by atoms with Gasteiger partial charge in [-0.1, -0.05) is 6.42 Å². The number of nitrogens with zero attached hydrogens (tertiary/aromatic N) is 1. The molecular formula is C19H23FN2O2. The smallest absolute Gasteiger partial charge is 0.251 e. The lowest BCUT2D eigenvalue weighted by Gasteiger charge is -2.33. The van der Waals surface area contributed by atoms with Crippen molar-refractivity contribution in [2.75, 3.05) is 19.6 Å². The number of hydrogen-bond acceptors (Lipinski definition) is 3. The Labute approximate surface area is 141 Å². The van der Waals surface area contributed by atoms with Crippen LogP contribution in [-0.4, -0.2) is 30.4 Å². The predicted octanol–water partition coefficient (Wildman–Crippen LogP) is 3.68. The molecule has 3 rings (SSSR count). The Bertz CT molecular complexity index is 675. The number of amides is 1. The number of benzene rings is 1. The summed E-state index contributed by atoms with van der Waals surface area (Å²) in [6.45, 7) is 4.42. The fourth-order valence-electron chi connectivity index (χ4n) is 3.16. The van der Waals surface area contributed by atoms with E-state index >= 15 is 0 Å². The van der Waals surface area contributed by atoms with Gasteiger partial charge in [-0.2, -0.15) is 0 Å². The maximum Gasteiger partial charge on any atom is 0.251 e. The van der Waals surface area contributed by atoms with E-state index in [9.17, 15) is 9.18 Å². The first-order valence-corrected chi connectivity index (χ1v) is 8.47. The van der Waals surface area contributed by atoms with Gasteiger partial charge >= 0.3 is 0 Å². The van der Waals surface area contributed by atoms with Gasteiger partial charge in [0.1, 0.15) is 17.3 Å². The Kier molecular flexibility index (Phi) is 5.30. The average Bonchev–Trinajstić information content (AvgIpc) is 3.02. The molecule has 1 amide bonds. The summed E-state index contributed by atoms with van der Waals surface area (Å²) in [5.74, 6) is 1.22. The minimum absolute atomic E-state index is 0.0309. The van der Waals surface area contributed by atoms with Gasteiger partial charge in [-0.3, -0.25) is 9.69 Å². The number of piperidine rings is 1. The molecule has 0 aliphatic carbocycles. The van der Waals surface area contributed by atoms with Crippen molar-refractivity contribution in [3.05, 3.63) is 59.3 Å². The molecule has 1 unspecified atom stereocenters. The lowest BCUT2D eigenvalue weighted by Crippen LogP contribution is -2.40. The average molecular weight is 330 g/mol. The van der Waals surface area contributed by atoms with Crippen LogP contribution in [0.25, 0.3) is 0 Å². The van der Waals surface area contributed by atoms with E-state index in [2.05, 4.69) is 10.2 Å². The van der Waals surface area contributed by atoms with Crippen molar-refractivity contribution in [1.29, 1.82) is 0 Å². The first-order valence-electron chi connectivity index (χ1n) is 8.47. The third-order valence-electron chi connectivity index (χ3n) is 4.48. The van der Waals surface area contributed by atoms with Crippen LogP contribution in [0.4, 0.5) is 4.39 Å². The van der Waals surface area contributed by atoms with Crippen LogP contribution in [-0.2, 0) is 0 Å². The van der Waals surface area contributed by atoms with Gasteiger partial charge in [0.05, 0.1) is 6.04 Å². The van der Waals surface area contributed by atoms with Crippen LogP contribution in [0.1, 0.15) is 47.2 Å². The molecule has 4 nitrogen and oxygen atoms in total. The second-order valence-corrected chi connectivity index (χ2v) is 6.28. The molecule has 0 saturated carbocycles. The zero-order valence-electron chi connectivity index (χ0n) is 13.9. The largest absolute Gasteiger partial charge is 0.465 e. The minimum atomic E-state index is -0.344. The summed E-state index contributed by atoms with van der Waals surface area (Å²) in [5, 5.41) is 2.96. The van der Waals surface area contributed by atoms with Crippen molar-refractivity contribution >= 4 is 5.91 Å². The van der Waals surface area contributed by atoms with E-state index in [0.717, 1.165) is 24.6 Å². The van der Waals surface area contributed by atoms with E-state index in [4.69, 9.17) is 4.42 Å². The maximum absolute atomic E-state index is 13.0. The van der Waals surface area contributed by atoms with Crippen molar-refractivity contribution in [2.24, 2.45) is 0 Å². The zero-order chi connectivity index (χ0) is 16.9. The van der Waals surface area contributed by atoms with Gasteiger partial charge in [-0.25, -0.2) is 4.39 Å². The Balaban J connectivity index is 1.69. The monoisotopic (exact) mass is 330 g/mol. The van der Waals surface area contributed by atoms with Crippen molar-refractivity contribution in [1.82, 2.24) is 10.2 Å². The van der Waals surface area contributed by atoms with Crippen LogP contribution < -0.4 is 5.32 Å². The van der Waals surface area contributed by atoms with Crippen molar-refractivity contribution in [2.45, 2.75) is 32.2 Å². The highest BCUT2D eigenvalue weighted by atomic mass is 19.1. The highest BCUT2D eigenvalue weighted by molar-refractivity contribution is 5.94.